The molecule has 0 aliphatic carbocycles. The van der Waals surface area contributed by atoms with Gasteiger partial charge in [0, 0.05) is 23.6 Å². The molecule has 2 aliphatic heterocycles. The van der Waals surface area contributed by atoms with Gasteiger partial charge in [-0.1, -0.05) is 24.6 Å². The molecule has 1 saturated heterocycles. The van der Waals surface area contributed by atoms with Crippen molar-refractivity contribution >= 4 is 11.6 Å². The van der Waals surface area contributed by atoms with Crippen LogP contribution in [0.3, 0.4) is 0 Å². The highest BCUT2D eigenvalue weighted by atomic mass is 16.5. The van der Waals surface area contributed by atoms with Crippen molar-refractivity contribution in [3.05, 3.63) is 53.6 Å². The van der Waals surface area contributed by atoms with Gasteiger partial charge in [-0.2, -0.15) is 5.10 Å². The quantitative estimate of drug-likeness (QED) is 0.658. The van der Waals surface area contributed by atoms with Crippen molar-refractivity contribution in [2.45, 2.75) is 31.7 Å². The van der Waals surface area contributed by atoms with Crippen LogP contribution in [-0.2, 0) is 4.79 Å². The predicted octanol–water partition coefficient (Wildman–Crippen LogP) is 3.88. The highest BCUT2D eigenvalue weighted by Crippen LogP contribution is 2.39. The molecule has 0 aromatic heterocycles. The van der Waals surface area contributed by atoms with Gasteiger partial charge < -0.3 is 14.2 Å². The maximum atomic E-state index is 13.4. The molecule has 7 nitrogen and oxygen atoms in total. The number of carbonyl (C=O) groups is 1. The molecule has 0 N–H and O–H groups in total. The van der Waals surface area contributed by atoms with Crippen LogP contribution < -0.4 is 14.2 Å². The Kier molecular flexibility index (Phi) is 6.95. The number of amides is 1. The fourth-order valence-corrected chi connectivity index (χ4v) is 4.51. The predicted molar refractivity (Wildman–Crippen MR) is 124 cm³/mol. The number of piperidine rings is 1. The molecule has 32 heavy (non-hydrogen) atoms. The van der Waals surface area contributed by atoms with Gasteiger partial charge in [-0.25, -0.2) is 5.01 Å². The number of para-hydroxylation sites is 1. The molecule has 7 heteroatoms. The number of methoxy groups -OCH3 is 3. The van der Waals surface area contributed by atoms with Gasteiger partial charge in [0.1, 0.15) is 17.2 Å². The van der Waals surface area contributed by atoms with Crippen molar-refractivity contribution in [1.29, 1.82) is 0 Å². The van der Waals surface area contributed by atoms with E-state index in [1.807, 2.05) is 42.5 Å². The standard InChI is InChI=1S/C25H31N3O4/c1-30-18-11-12-19(24(15-18)32-3)21-16-22(20-9-5-6-10-23(20)31-2)28(26-21)25(29)17-27-13-7-4-8-14-27/h5-6,9-12,15,22H,4,7-8,13-14,16-17H2,1-3H3. The molecule has 2 heterocycles. The maximum absolute atomic E-state index is 13.4. The second kappa shape index (κ2) is 10.0. The van der Waals surface area contributed by atoms with Gasteiger partial charge in [-0.15, -0.1) is 0 Å². The van der Waals surface area contributed by atoms with Crippen LogP contribution in [-0.4, -0.2) is 62.5 Å². The number of carbonyl (C=O) groups excluding carboxylic acids is 1. The molecule has 2 aliphatic rings. The monoisotopic (exact) mass is 437 g/mol. The first kappa shape index (κ1) is 22.1. The first-order valence-corrected chi connectivity index (χ1v) is 11.1. The molecule has 0 spiro atoms. The minimum atomic E-state index is -0.231. The van der Waals surface area contributed by atoms with Crippen molar-refractivity contribution in [2.24, 2.45) is 5.10 Å². The topological polar surface area (TPSA) is 63.6 Å². The van der Waals surface area contributed by atoms with E-state index in [-0.39, 0.29) is 11.9 Å². The lowest BCUT2D eigenvalue weighted by Crippen LogP contribution is -2.40. The molecule has 4 rings (SSSR count). The van der Waals surface area contributed by atoms with E-state index in [4.69, 9.17) is 19.3 Å². The van der Waals surface area contributed by atoms with E-state index < -0.39 is 0 Å². The van der Waals surface area contributed by atoms with Crippen molar-refractivity contribution in [3.63, 3.8) is 0 Å². The minimum absolute atomic E-state index is 0.00489. The lowest BCUT2D eigenvalue weighted by Gasteiger charge is -2.29. The zero-order valence-electron chi connectivity index (χ0n) is 19.0. The third-order valence-corrected chi connectivity index (χ3v) is 6.19. The number of hydrazone groups is 1. The van der Waals surface area contributed by atoms with E-state index >= 15 is 0 Å². The van der Waals surface area contributed by atoms with E-state index in [1.54, 1.807) is 26.3 Å². The minimum Gasteiger partial charge on any atom is -0.497 e. The summed E-state index contributed by atoms with van der Waals surface area (Å²) in [5.74, 6) is 2.15. The first-order chi connectivity index (χ1) is 15.6. The zero-order chi connectivity index (χ0) is 22.5. The van der Waals surface area contributed by atoms with E-state index in [1.165, 1.54) is 6.42 Å². The van der Waals surface area contributed by atoms with Gasteiger partial charge in [0.2, 0.25) is 0 Å². The van der Waals surface area contributed by atoms with Gasteiger partial charge in [0.05, 0.1) is 39.6 Å². The first-order valence-electron chi connectivity index (χ1n) is 11.1. The highest BCUT2D eigenvalue weighted by molar-refractivity contribution is 6.05. The summed E-state index contributed by atoms with van der Waals surface area (Å²) in [5.41, 5.74) is 2.63. The Labute approximate surface area is 189 Å². The van der Waals surface area contributed by atoms with Gasteiger partial charge in [0.15, 0.2) is 0 Å². The SMILES string of the molecule is COc1ccc(C2=NN(C(=O)CN3CCCCC3)C(c3ccccc3OC)C2)c(OC)c1. The van der Waals surface area contributed by atoms with Crippen LogP contribution in [0.25, 0.3) is 0 Å². The third-order valence-electron chi connectivity index (χ3n) is 6.19. The van der Waals surface area contributed by atoms with Crippen molar-refractivity contribution in [1.82, 2.24) is 9.91 Å². The molecule has 170 valence electrons. The summed E-state index contributed by atoms with van der Waals surface area (Å²) in [6.45, 7) is 2.30. The zero-order valence-corrected chi connectivity index (χ0v) is 19.0. The second-order valence-electron chi connectivity index (χ2n) is 8.15. The number of benzene rings is 2. The summed E-state index contributed by atoms with van der Waals surface area (Å²) in [7, 11) is 4.91. The molecule has 2 aromatic rings. The van der Waals surface area contributed by atoms with Crippen molar-refractivity contribution < 1.29 is 19.0 Å². The Bertz CT molecular complexity index is 985. The Morgan fingerprint density at radius 1 is 0.969 bits per heavy atom. The molecule has 0 bridgehead atoms. The average Bonchev–Trinajstić information content (AvgIpc) is 3.29. The van der Waals surface area contributed by atoms with Gasteiger partial charge in [-0.3, -0.25) is 9.69 Å². The summed E-state index contributed by atoms with van der Waals surface area (Å²) in [5, 5.41) is 6.46. The number of nitrogens with zero attached hydrogens (tertiary/aromatic N) is 3. The van der Waals surface area contributed by atoms with Crippen LogP contribution in [0.4, 0.5) is 0 Å². The Morgan fingerprint density at radius 3 is 2.44 bits per heavy atom. The number of hydrogen-bond donors (Lipinski definition) is 0. The molecule has 0 saturated carbocycles. The van der Waals surface area contributed by atoms with E-state index in [0.29, 0.717) is 24.5 Å². The molecule has 1 fully saturated rings. The van der Waals surface area contributed by atoms with Gasteiger partial charge in [-0.05, 0) is 44.1 Å². The summed E-state index contributed by atoms with van der Waals surface area (Å²) in [6, 6.07) is 13.3. The Hall–Kier alpha value is -3.06. The summed E-state index contributed by atoms with van der Waals surface area (Å²) >= 11 is 0. The number of ether oxygens (including phenoxy) is 3. The van der Waals surface area contributed by atoms with E-state index in [9.17, 15) is 4.79 Å². The summed E-state index contributed by atoms with van der Waals surface area (Å²) in [6.07, 6.45) is 4.09. The van der Waals surface area contributed by atoms with Crippen LogP contribution in [0, 0.1) is 0 Å². The van der Waals surface area contributed by atoms with E-state index in [2.05, 4.69) is 4.90 Å². The van der Waals surface area contributed by atoms with Gasteiger partial charge in [0.25, 0.3) is 5.91 Å². The van der Waals surface area contributed by atoms with Crippen LogP contribution in [0.5, 0.6) is 17.2 Å². The fourth-order valence-electron chi connectivity index (χ4n) is 4.51. The molecular formula is C25H31N3O4. The van der Waals surface area contributed by atoms with Crippen LogP contribution in [0.2, 0.25) is 0 Å². The third kappa shape index (κ3) is 4.58. The lowest BCUT2D eigenvalue weighted by molar-refractivity contribution is -0.134. The Morgan fingerprint density at radius 2 is 1.72 bits per heavy atom. The highest BCUT2D eigenvalue weighted by Gasteiger charge is 2.36. The Balaban J connectivity index is 1.68. The molecule has 1 unspecified atom stereocenters. The summed E-state index contributed by atoms with van der Waals surface area (Å²) in [4.78, 5) is 15.6. The average molecular weight is 438 g/mol. The van der Waals surface area contributed by atoms with Crippen molar-refractivity contribution in [3.8, 4) is 17.2 Å². The largest absolute Gasteiger partial charge is 0.497 e. The lowest BCUT2D eigenvalue weighted by atomic mass is 9.97. The number of likely N-dealkylation sites (tertiary alicyclic amines) is 1. The maximum Gasteiger partial charge on any atom is 0.257 e. The summed E-state index contributed by atoms with van der Waals surface area (Å²) < 4.78 is 16.6. The second-order valence-corrected chi connectivity index (χ2v) is 8.15. The fraction of sp³-hybridized carbons (Fsp3) is 0.440. The van der Waals surface area contributed by atoms with Crippen LogP contribution >= 0.6 is 0 Å². The molecule has 1 amide bonds. The number of rotatable bonds is 7. The van der Waals surface area contributed by atoms with Crippen LogP contribution in [0.15, 0.2) is 47.6 Å². The van der Waals surface area contributed by atoms with Gasteiger partial charge >= 0.3 is 0 Å². The van der Waals surface area contributed by atoms with E-state index in [0.717, 1.165) is 48.5 Å². The van der Waals surface area contributed by atoms with Crippen LogP contribution in [0.1, 0.15) is 42.9 Å². The number of hydrogen-bond acceptors (Lipinski definition) is 6. The molecule has 0 radical (unpaired) electrons. The molecular weight excluding hydrogens is 406 g/mol. The molecule has 1 atom stereocenters. The van der Waals surface area contributed by atoms with Crippen molar-refractivity contribution in [2.75, 3.05) is 41.0 Å². The molecule has 2 aromatic carbocycles. The smallest absolute Gasteiger partial charge is 0.257 e. The normalized spacial score (nSPS) is 18.9.